The van der Waals surface area contributed by atoms with Gasteiger partial charge in [-0.2, -0.15) is 11.8 Å². The van der Waals surface area contributed by atoms with Gasteiger partial charge in [0.15, 0.2) is 5.78 Å². The molecular formula is C9H15NOS. The molecule has 0 aromatic heterocycles. The van der Waals surface area contributed by atoms with E-state index < -0.39 is 0 Å². The SMILES string of the molecule is C=CCC(=O)C1CSCCN1C. The highest BCUT2D eigenvalue weighted by molar-refractivity contribution is 7.99. The molecular weight excluding hydrogens is 170 g/mol. The fourth-order valence-corrected chi connectivity index (χ4v) is 2.55. The van der Waals surface area contributed by atoms with Crippen molar-refractivity contribution in [1.29, 1.82) is 0 Å². The minimum atomic E-state index is 0.127. The standard InChI is InChI=1S/C9H15NOS/c1-3-4-9(11)8-7-12-6-5-10(8)2/h3,8H,1,4-7H2,2H3. The van der Waals surface area contributed by atoms with Crippen LogP contribution in [0.25, 0.3) is 0 Å². The van der Waals surface area contributed by atoms with Crippen LogP contribution in [0.15, 0.2) is 12.7 Å². The van der Waals surface area contributed by atoms with Gasteiger partial charge in [0.1, 0.15) is 0 Å². The quantitative estimate of drug-likeness (QED) is 0.616. The van der Waals surface area contributed by atoms with E-state index in [0.717, 1.165) is 18.1 Å². The van der Waals surface area contributed by atoms with E-state index in [2.05, 4.69) is 11.5 Å². The summed E-state index contributed by atoms with van der Waals surface area (Å²) in [5.41, 5.74) is 0. The normalized spacial score (nSPS) is 25.2. The van der Waals surface area contributed by atoms with E-state index in [1.807, 2.05) is 18.8 Å². The zero-order valence-corrected chi connectivity index (χ0v) is 8.27. The Morgan fingerprint density at radius 3 is 3.17 bits per heavy atom. The van der Waals surface area contributed by atoms with Crippen LogP contribution in [0.2, 0.25) is 0 Å². The van der Waals surface area contributed by atoms with Crippen molar-refractivity contribution in [2.45, 2.75) is 12.5 Å². The van der Waals surface area contributed by atoms with Gasteiger partial charge in [-0.05, 0) is 7.05 Å². The third-order valence-corrected chi connectivity index (χ3v) is 3.14. The molecule has 0 aromatic rings. The number of rotatable bonds is 3. The largest absolute Gasteiger partial charge is 0.298 e. The minimum Gasteiger partial charge on any atom is -0.298 e. The van der Waals surface area contributed by atoms with Crippen LogP contribution in [-0.4, -0.2) is 41.8 Å². The predicted molar refractivity (Wildman–Crippen MR) is 53.6 cm³/mol. The predicted octanol–water partition coefficient (Wildman–Crippen LogP) is 1.18. The molecule has 68 valence electrons. The monoisotopic (exact) mass is 185 g/mol. The van der Waals surface area contributed by atoms with E-state index in [1.165, 1.54) is 0 Å². The van der Waals surface area contributed by atoms with Crippen LogP contribution in [0.4, 0.5) is 0 Å². The molecule has 1 heterocycles. The molecule has 1 rings (SSSR count). The minimum absolute atomic E-state index is 0.127. The molecule has 0 spiro atoms. The molecule has 0 aliphatic carbocycles. The lowest BCUT2D eigenvalue weighted by Crippen LogP contribution is -2.44. The van der Waals surface area contributed by atoms with E-state index in [4.69, 9.17) is 0 Å². The van der Waals surface area contributed by atoms with Gasteiger partial charge in [-0.15, -0.1) is 6.58 Å². The molecule has 1 fully saturated rings. The van der Waals surface area contributed by atoms with Gasteiger partial charge in [0.2, 0.25) is 0 Å². The average Bonchev–Trinajstić information content (AvgIpc) is 2.05. The first kappa shape index (κ1) is 9.81. The third kappa shape index (κ3) is 2.35. The average molecular weight is 185 g/mol. The Balaban J connectivity index is 2.47. The molecule has 0 bridgehead atoms. The molecule has 0 radical (unpaired) electrons. The van der Waals surface area contributed by atoms with Gasteiger partial charge in [-0.1, -0.05) is 6.08 Å². The first-order chi connectivity index (χ1) is 5.75. The summed E-state index contributed by atoms with van der Waals surface area (Å²) < 4.78 is 0. The maximum atomic E-state index is 11.5. The maximum Gasteiger partial charge on any atom is 0.154 e. The molecule has 12 heavy (non-hydrogen) atoms. The Hall–Kier alpha value is -0.280. The van der Waals surface area contributed by atoms with Gasteiger partial charge in [0.25, 0.3) is 0 Å². The molecule has 0 saturated carbocycles. The maximum absolute atomic E-state index is 11.5. The number of likely N-dealkylation sites (N-methyl/N-ethyl adjacent to an activating group) is 1. The highest BCUT2D eigenvalue weighted by atomic mass is 32.2. The molecule has 1 atom stereocenters. The summed E-state index contributed by atoms with van der Waals surface area (Å²) in [6, 6.07) is 0.127. The summed E-state index contributed by atoms with van der Waals surface area (Å²) in [6.07, 6.45) is 2.20. The summed E-state index contributed by atoms with van der Waals surface area (Å²) in [6.45, 7) is 4.60. The molecule has 1 aliphatic heterocycles. The van der Waals surface area contributed by atoms with Gasteiger partial charge in [-0.3, -0.25) is 9.69 Å². The van der Waals surface area contributed by atoms with Gasteiger partial charge in [0.05, 0.1) is 6.04 Å². The van der Waals surface area contributed by atoms with Crippen molar-refractivity contribution in [1.82, 2.24) is 4.90 Å². The Kier molecular flexibility index (Phi) is 3.82. The summed E-state index contributed by atoms with van der Waals surface area (Å²) in [7, 11) is 2.02. The van der Waals surface area contributed by atoms with Crippen LogP contribution >= 0.6 is 11.8 Å². The van der Waals surface area contributed by atoms with E-state index in [9.17, 15) is 4.79 Å². The van der Waals surface area contributed by atoms with Gasteiger partial charge in [0, 0.05) is 24.5 Å². The van der Waals surface area contributed by atoms with E-state index in [1.54, 1.807) is 6.08 Å². The lowest BCUT2D eigenvalue weighted by molar-refractivity contribution is -0.122. The van der Waals surface area contributed by atoms with Crippen LogP contribution in [0.5, 0.6) is 0 Å². The number of ketones is 1. The molecule has 3 heteroatoms. The molecule has 1 aliphatic rings. The number of carbonyl (C=O) groups excluding carboxylic acids is 1. The van der Waals surface area contributed by atoms with Gasteiger partial charge >= 0.3 is 0 Å². The third-order valence-electron chi connectivity index (χ3n) is 2.11. The van der Waals surface area contributed by atoms with Crippen LogP contribution in [0.1, 0.15) is 6.42 Å². The van der Waals surface area contributed by atoms with Crippen molar-refractivity contribution in [2.75, 3.05) is 25.1 Å². The van der Waals surface area contributed by atoms with Crippen LogP contribution in [0.3, 0.4) is 0 Å². The summed E-state index contributed by atoms with van der Waals surface area (Å²) in [5.74, 6) is 2.40. The smallest absolute Gasteiger partial charge is 0.154 e. The fraction of sp³-hybridized carbons (Fsp3) is 0.667. The zero-order chi connectivity index (χ0) is 8.97. The van der Waals surface area contributed by atoms with Crippen molar-refractivity contribution in [2.24, 2.45) is 0 Å². The highest BCUT2D eigenvalue weighted by Crippen LogP contribution is 2.16. The van der Waals surface area contributed by atoms with Crippen LogP contribution < -0.4 is 0 Å². The molecule has 0 N–H and O–H groups in total. The molecule has 2 nitrogen and oxygen atoms in total. The zero-order valence-electron chi connectivity index (χ0n) is 7.45. The van der Waals surface area contributed by atoms with Crippen molar-refractivity contribution < 1.29 is 4.79 Å². The molecule has 1 saturated heterocycles. The van der Waals surface area contributed by atoms with Crippen LogP contribution in [-0.2, 0) is 4.79 Å². The summed E-state index contributed by atoms with van der Waals surface area (Å²) in [4.78, 5) is 13.6. The Labute approximate surface area is 78.0 Å². The lowest BCUT2D eigenvalue weighted by atomic mass is 10.1. The summed E-state index contributed by atoms with van der Waals surface area (Å²) >= 11 is 1.86. The Morgan fingerprint density at radius 2 is 2.58 bits per heavy atom. The number of carbonyl (C=O) groups is 1. The Bertz CT molecular complexity index is 181. The topological polar surface area (TPSA) is 20.3 Å². The van der Waals surface area contributed by atoms with E-state index in [-0.39, 0.29) is 6.04 Å². The number of nitrogens with zero attached hydrogens (tertiary/aromatic N) is 1. The summed E-state index contributed by atoms with van der Waals surface area (Å²) in [5, 5.41) is 0. The number of thioether (sulfide) groups is 1. The fourth-order valence-electron chi connectivity index (χ4n) is 1.30. The molecule has 0 aromatic carbocycles. The highest BCUT2D eigenvalue weighted by Gasteiger charge is 2.24. The second-order valence-electron chi connectivity index (χ2n) is 3.03. The van der Waals surface area contributed by atoms with Crippen molar-refractivity contribution in [3.8, 4) is 0 Å². The molecule has 0 amide bonds. The van der Waals surface area contributed by atoms with Gasteiger partial charge < -0.3 is 0 Å². The van der Waals surface area contributed by atoms with Crippen LogP contribution in [0, 0.1) is 0 Å². The number of allylic oxidation sites excluding steroid dienone is 1. The first-order valence-electron chi connectivity index (χ1n) is 4.17. The molecule has 1 unspecified atom stereocenters. The van der Waals surface area contributed by atoms with E-state index in [0.29, 0.717) is 12.2 Å². The second kappa shape index (κ2) is 4.67. The van der Waals surface area contributed by atoms with Crippen molar-refractivity contribution >= 4 is 17.5 Å². The first-order valence-corrected chi connectivity index (χ1v) is 5.32. The van der Waals surface area contributed by atoms with Crippen molar-refractivity contribution in [3.63, 3.8) is 0 Å². The van der Waals surface area contributed by atoms with Crippen molar-refractivity contribution in [3.05, 3.63) is 12.7 Å². The van der Waals surface area contributed by atoms with Gasteiger partial charge in [-0.25, -0.2) is 0 Å². The lowest BCUT2D eigenvalue weighted by Gasteiger charge is -2.30. The Morgan fingerprint density at radius 1 is 1.83 bits per heavy atom. The number of hydrogen-bond acceptors (Lipinski definition) is 3. The number of hydrogen-bond donors (Lipinski definition) is 0. The second-order valence-corrected chi connectivity index (χ2v) is 4.18. The van der Waals surface area contributed by atoms with E-state index >= 15 is 0 Å². The number of Topliss-reactive ketones (excluding diaryl/α,β-unsaturated/α-hetero) is 1.